The minimum Gasteiger partial charge on any atom is -0.249 e. The first kappa shape index (κ1) is 12.6. The van der Waals surface area contributed by atoms with E-state index < -0.39 is 0 Å². The second-order valence-electron chi connectivity index (χ2n) is 4.93. The summed E-state index contributed by atoms with van der Waals surface area (Å²) in [5.74, 6) is 1.59. The van der Waals surface area contributed by atoms with Crippen LogP contribution in [-0.2, 0) is 0 Å². The van der Waals surface area contributed by atoms with Crippen molar-refractivity contribution >= 4 is 17.0 Å². The maximum Gasteiger partial charge on any atom is 0.245 e. The molecule has 0 spiro atoms. The number of rotatable bonds is 2. The van der Waals surface area contributed by atoms with Gasteiger partial charge in [0.25, 0.3) is 0 Å². The molecule has 5 heteroatoms. The van der Waals surface area contributed by atoms with E-state index in [-0.39, 0.29) is 0 Å². The number of nitrogens with zero attached hydrogens (tertiary/aromatic N) is 5. The van der Waals surface area contributed by atoms with Crippen LogP contribution in [0.4, 0.5) is 5.95 Å². The highest BCUT2D eigenvalue weighted by Crippen LogP contribution is 2.19. The van der Waals surface area contributed by atoms with Gasteiger partial charge in [-0.15, -0.1) is 0 Å². The predicted molar refractivity (Wildman–Crippen MR) is 79.8 cm³/mol. The van der Waals surface area contributed by atoms with Crippen LogP contribution >= 0.6 is 0 Å². The topological polar surface area (TPSA) is 46.8 Å². The Hall–Kier alpha value is -2.43. The van der Waals surface area contributed by atoms with Gasteiger partial charge in [-0.2, -0.15) is 0 Å². The van der Waals surface area contributed by atoms with E-state index in [0.717, 1.165) is 28.2 Å². The second-order valence-corrected chi connectivity index (χ2v) is 4.93. The van der Waals surface area contributed by atoms with Crippen LogP contribution in [0.15, 0.2) is 30.3 Å². The Morgan fingerprint density at radius 2 is 1.60 bits per heavy atom. The molecule has 2 heterocycles. The minimum absolute atomic E-state index is 0.675. The van der Waals surface area contributed by atoms with Crippen molar-refractivity contribution in [1.82, 2.24) is 19.6 Å². The predicted octanol–water partition coefficient (Wildman–Crippen LogP) is 2.65. The van der Waals surface area contributed by atoms with Crippen molar-refractivity contribution in [3.05, 3.63) is 47.5 Å². The molecule has 0 N–H and O–H groups in total. The second kappa shape index (κ2) is 4.59. The molecule has 0 aliphatic heterocycles. The van der Waals surface area contributed by atoms with E-state index in [0.29, 0.717) is 5.95 Å². The van der Waals surface area contributed by atoms with E-state index >= 15 is 0 Å². The van der Waals surface area contributed by atoms with Crippen molar-refractivity contribution in [2.45, 2.75) is 20.8 Å². The number of para-hydroxylation sites is 2. The SMILES string of the molecule is Cc1cc(C)nc(N(C)n2c(C)nc3ccccc32)n1. The molecule has 0 unspecified atom stereocenters. The van der Waals surface area contributed by atoms with Crippen molar-refractivity contribution in [2.24, 2.45) is 0 Å². The summed E-state index contributed by atoms with van der Waals surface area (Å²) in [5.41, 5.74) is 3.94. The summed E-state index contributed by atoms with van der Waals surface area (Å²) in [6.07, 6.45) is 0. The molecule has 3 rings (SSSR count). The van der Waals surface area contributed by atoms with Gasteiger partial charge in [-0.25, -0.2) is 24.6 Å². The number of imidazole rings is 1. The highest BCUT2D eigenvalue weighted by atomic mass is 15.6. The zero-order chi connectivity index (χ0) is 14.3. The highest BCUT2D eigenvalue weighted by Gasteiger charge is 2.14. The van der Waals surface area contributed by atoms with Crippen molar-refractivity contribution in [3.63, 3.8) is 0 Å². The number of hydrogen-bond donors (Lipinski definition) is 0. The fourth-order valence-corrected chi connectivity index (χ4v) is 2.45. The maximum atomic E-state index is 4.57. The lowest BCUT2D eigenvalue weighted by Gasteiger charge is -2.21. The standard InChI is InChI=1S/C15H17N5/c1-10-9-11(2)17-15(16-10)19(4)20-12(3)18-13-7-5-6-8-14(13)20/h5-9H,1-4H3. The lowest BCUT2D eigenvalue weighted by Crippen LogP contribution is -2.28. The van der Waals surface area contributed by atoms with Crippen LogP contribution in [0.3, 0.4) is 0 Å². The summed E-state index contributed by atoms with van der Waals surface area (Å²) < 4.78 is 2.03. The summed E-state index contributed by atoms with van der Waals surface area (Å²) in [4.78, 5) is 13.6. The molecule has 0 fully saturated rings. The van der Waals surface area contributed by atoms with Gasteiger partial charge < -0.3 is 0 Å². The fraction of sp³-hybridized carbons (Fsp3) is 0.267. The molecule has 0 amide bonds. The largest absolute Gasteiger partial charge is 0.249 e. The first-order valence-corrected chi connectivity index (χ1v) is 6.56. The Kier molecular flexibility index (Phi) is 2.89. The highest BCUT2D eigenvalue weighted by molar-refractivity contribution is 5.76. The van der Waals surface area contributed by atoms with Crippen molar-refractivity contribution in [1.29, 1.82) is 0 Å². The molecular weight excluding hydrogens is 250 g/mol. The third-order valence-corrected chi connectivity index (χ3v) is 3.26. The summed E-state index contributed by atoms with van der Waals surface area (Å²) >= 11 is 0. The Morgan fingerprint density at radius 1 is 0.950 bits per heavy atom. The van der Waals surface area contributed by atoms with E-state index in [1.807, 2.05) is 61.8 Å². The molecule has 0 aliphatic rings. The first-order valence-electron chi connectivity index (χ1n) is 6.56. The molecule has 5 nitrogen and oxygen atoms in total. The van der Waals surface area contributed by atoms with Crippen LogP contribution in [0.5, 0.6) is 0 Å². The van der Waals surface area contributed by atoms with Gasteiger partial charge in [0, 0.05) is 18.4 Å². The molecule has 0 radical (unpaired) electrons. The first-order chi connectivity index (χ1) is 9.56. The summed E-state index contributed by atoms with van der Waals surface area (Å²) in [6.45, 7) is 5.94. The molecular formula is C15H17N5. The number of hydrogen-bond acceptors (Lipinski definition) is 4. The lowest BCUT2D eigenvalue weighted by molar-refractivity contribution is 0.730. The van der Waals surface area contributed by atoms with Crippen LogP contribution in [0, 0.1) is 20.8 Å². The monoisotopic (exact) mass is 267 g/mol. The van der Waals surface area contributed by atoms with Crippen LogP contribution in [0.25, 0.3) is 11.0 Å². The molecule has 0 saturated carbocycles. The van der Waals surface area contributed by atoms with Gasteiger partial charge in [0.05, 0.1) is 11.0 Å². The molecule has 20 heavy (non-hydrogen) atoms. The van der Waals surface area contributed by atoms with Crippen LogP contribution in [0.2, 0.25) is 0 Å². The molecule has 102 valence electrons. The maximum absolute atomic E-state index is 4.57. The molecule has 0 saturated heterocycles. The van der Waals surface area contributed by atoms with Gasteiger partial charge in [0.15, 0.2) is 0 Å². The lowest BCUT2D eigenvalue weighted by atomic mass is 10.3. The number of aromatic nitrogens is 4. The number of benzene rings is 1. The van der Waals surface area contributed by atoms with Gasteiger partial charge in [0.2, 0.25) is 5.95 Å². The average molecular weight is 267 g/mol. The van der Waals surface area contributed by atoms with Gasteiger partial charge in [-0.05, 0) is 39.0 Å². The van der Waals surface area contributed by atoms with Crippen molar-refractivity contribution < 1.29 is 0 Å². The third-order valence-electron chi connectivity index (χ3n) is 3.26. The Bertz CT molecular complexity index is 755. The molecule has 0 atom stereocenters. The Labute approximate surface area is 117 Å². The van der Waals surface area contributed by atoms with E-state index in [1.165, 1.54) is 0 Å². The van der Waals surface area contributed by atoms with Crippen LogP contribution in [-0.4, -0.2) is 26.7 Å². The minimum atomic E-state index is 0.675. The molecule has 3 aromatic rings. The van der Waals surface area contributed by atoms with Gasteiger partial charge >= 0.3 is 0 Å². The van der Waals surface area contributed by atoms with E-state index in [2.05, 4.69) is 21.0 Å². The van der Waals surface area contributed by atoms with Gasteiger partial charge in [0.1, 0.15) is 5.82 Å². The summed E-state index contributed by atoms with van der Waals surface area (Å²) in [6, 6.07) is 10.0. The molecule has 2 aromatic heterocycles. The smallest absolute Gasteiger partial charge is 0.245 e. The molecule has 0 aliphatic carbocycles. The number of aryl methyl sites for hydroxylation is 3. The van der Waals surface area contributed by atoms with Gasteiger partial charge in [-0.3, -0.25) is 0 Å². The number of anilines is 1. The Morgan fingerprint density at radius 3 is 2.30 bits per heavy atom. The fourth-order valence-electron chi connectivity index (χ4n) is 2.45. The van der Waals surface area contributed by atoms with E-state index in [9.17, 15) is 0 Å². The third kappa shape index (κ3) is 2.01. The van der Waals surface area contributed by atoms with Crippen molar-refractivity contribution in [3.8, 4) is 0 Å². The van der Waals surface area contributed by atoms with Crippen LogP contribution in [0.1, 0.15) is 17.2 Å². The molecule has 0 bridgehead atoms. The van der Waals surface area contributed by atoms with E-state index in [4.69, 9.17) is 0 Å². The summed E-state index contributed by atoms with van der Waals surface area (Å²) in [5, 5.41) is 1.94. The Balaban J connectivity index is 2.17. The molecule has 1 aromatic carbocycles. The quantitative estimate of drug-likeness (QED) is 0.716. The van der Waals surface area contributed by atoms with E-state index in [1.54, 1.807) is 0 Å². The number of fused-ring (bicyclic) bond motifs is 1. The van der Waals surface area contributed by atoms with Crippen molar-refractivity contribution in [2.75, 3.05) is 12.1 Å². The normalized spacial score (nSPS) is 11.0. The zero-order valence-electron chi connectivity index (χ0n) is 12.1. The van der Waals surface area contributed by atoms with Gasteiger partial charge in [-0.1, -0.05) is 12.1 Å². The summed E-state index contributed by atoms with van der Waals surface area (Å²) in [7, 11) is 1.95. The van der Waals surface area contributed by atoms with Crippen LogP contribution < -0.4 is 5.01 Å². The average Bonchev–Trinajstić information content (AvgIpc) is 2.72. The zero-order valence-corrected chi connectivity index (χ0v) is 12.1.